The molecule has 2 amide bonds. The van der Waals surface area contributed by atoms with Crippen LogP contribution in [-0.2, 0) is 6.54 Å². The average molecular weight is 402 g/mol. The second kappa shape index (κ2) is 7.89. The molecule has 0 atom stereocenters. The molecule has 3 aromatic rings. The summed E-state index contributed by atoms with van der Waals surface area (Å²) in [6, 6.07) is 6.64. The van der Waals surface area contributed by atoms with E-state index >= 15 is 0 Å². The number of urea groups is 1. The van der Waals surface area contributed by atoms with Crippen molar-refractivity contribution in [3.63, 3.8) is 0 Å². The lowest BCUT2D eigenvalue weighted by Gasteiger charge is -2.35. The zero-order valence-electron chi connectivity index (χ0n) is 16.1. The Hall–Kier alpha value is -2.45. The molecule has 0 unspecified atom stereocenters. The van der Waals surface area contributed by atoms with Gasteiger partial charge in [0.25, 0.3) is 0 Å². The number of fused-ring (bicyclic) bond motifs is 1. The molecule has 0 radical (unpaired) electrons. The van der Waals surface area contributed by atoms with Crippen LogP contribution in [0.25, 0.3) is 16.2 Å². The summed E-state index contributed by atoms with van der Waals surface area (Å²) in [7, 11) is 0. The van der Waals surface area contributed by atoms with Crippen molar-refractivity contribution in [2.45, 2.75) is 26.4 Å². The highest BCUT2D eigenvalue weighted by atomic mass is 32.1. The van der Waals surface area contributed by atoms with E-state index in [9.17, 15) is 9.18 Å². The van der Waals surface area contributed by atoms with Gasteiger partial charge in [0.1, 0.15) is 5.82 Å². The summed E-state index contributed by atoms with van der Waals surface area (Å²) in [4.78, 5) is 22.1. The van der Waals surface area contributed by atoms with Crippen LogP contribution in [-0.4, -0.2) is 57.4 Å². The molecule has 3 heterocycles. The third-order valence-electron chi connectivity index (χ3n) is 4.92. The van der Waals surface area contributed by atoms with Gasteiger partial charge >= 0.3 is 6.03 Å². The molecule has 1 N–H and O–H groups in total. The Labute approximate surface area is 167 Å². The Morgan fingerprint density at radius 3 is 2.61 bits per heavy atom. The highest BCUT2D eigenvalue weighted by Gasteiger charge is 2.24. The van der Waals surface area contributed by atoms with E-state index in [4.69, 9.17) is 4.98 Å². The van der Waals surface area contributed by atoms with Crippen LogP contribution in [0.1, 0.15) is 19.5 Å². The van der Waals surface area contributed by atoms with E-state index in [1.165, 1.54) is 12.1 Å². The Kier molecular flexibility index (Phi) is 5.32. The molecule has 1 saturated heterocycles. The van der Waals surface area contributed by atoms with Crippen molar-refractivity contribution in [2.24, 2.45) is 0 Å². The van der Waals surface area contributed by atoms with Crippen molar-refractivity contribution in [1.29, 1.82) is 0 Å². The lowest BCUT2D eigenvalue weighted by molar-refractivity contribution is 0.133. The number of carbonyl (C=O) groups excluding carboxylic acids is 1. The second-order valence-electron chi connectivity index (χ2n) is 7.34. The summed E-state index contributed by atoms with van der Waals surface area (Å²) in [5.74, 6) is -0.248. The zero-order valence-corrected chi connectivity index (χ0v) is 16.9. The summed E-state index contributed by atoms with van der Waals surface area (Å²) in [5.41, 5.74) is 2.91. The number of hydrogen-bond acceptors (Lipinski definition) is 4. The van der Waals surface area contributed by atoms with Crippen LogP contribution < -0.4 is 5.32 Å². The number of carbonyl (C=O) groups is 1. The van der Waals surface area contributed by atoms with Gasteiger partial charge in [-0.15, -0.1) is 11.3 Å². The van der Waals surface area contributed by atoms with E-state index < -0.39 is 0 Å². The van der Waals surface area contributed by atoms with Crippen LogP contribution in [0.4, 0.5) is 9.18 Å². The SMILES string of the molecule is CC(C)NC(=O)N1CCN(Cc2c(-c3ccc(F)cc3)nc3sccn23)CC1. The minimum Gasteiger partial charge on any atom is -0.336 e. The van der Waals surface area contributed by atoms with Gasteiger partial charge in [-0.25, -0.2) is 14.2 Å². The predicted molar refractivity (Wildman–Crippen MR) is 109 cm³/mol. The first-order valence-electron chi connectivity index (χ1n) is 9.49. The molecule has 2 aromatic heterocycles. The van der Waals surface area contributed by atoms with Crippen molar-refractivity contribution in [3.05, 3.63) is 47.4 Å². The topological polar surface area (TPSA) is 52.9 Å². The third-order valence-corrected chi connectivity index (χ3v) is 5.68. The van der Waals surface area contributed by atoms with Crippen molar-refractivity contribution in [1.82, 2.24) is 24.5 Å². The summed E-state index contributed by atoms with van der Waals surface area (Å²) >= 11 is 1.59. The molecule has 1 aliphatic rings. The number of piperazine rings is 1. The summed E-state index contributed by atoms with van der Waals surface area (Å²) < 4.78 is 15.4. The second-order valence-corrected chi connectivity index (χ2v) is 8.21. The first kappa shape index (κ1) is 18.9. The molecule has 0 saturated carbocycles. The van der Waals surface area contributed by atoms with E-state index in [0.29, 0.717) is 13.1 Å². The summed E-state index contributed by atoms with van der Waals surface area (Å²) in [6.45, 7) is 7.71. The monoisotopic (exact) mass is 401 g/mol. The van der Waals surface area contributed by atoms with Gasteiger partial charge < -0.3 is 10.2 Å². The molecule has 28 heavy (non-hydrogen) atoms. The molecule has 0 aliphatic carbocycles. The molecule has 148 valence electrons. The summed E-state index contributed by atoms with van der Waals surface area (Å²) in [5, 5.41) is 4.98. The smallest absolute Gasteiger partial charge is 0.317 e. The molecule has 4 rings (SSSR count). The Balaban J connectivity index is 1.51. The number of benzene rings is 1. The number of nitrogens with zero attached hydrogens (tertiary/aromatic N) is 4. The molecule has 1 fully saturated rings. The van der Waals surface area contributed by atoms with Crippen LogP contribution >= 0.6 is 11.3 Å². The molecule has 6 nitrogen and oxygen atoms in total. The number of aromatic nitrogens is 2. The summed E-state index contributed by atoms with van der Waals surface area (Å²) in [6.07, 6.45) is 2.03. The quantitative estimate of drug-likeness (QED) is 0.729. The minimum atomic E-state index is -0.248. The maximum Gasteiger partial charge on any atom is 0.317 e. The third kappa shape index (κ3) is 3.88. The van der Waals surface area contributed by atoms with Gasteiger partial charge in [0.05, 0.1) is 11.4 Å². The molecule has 1 aliphatic heterocycles. The predicted octanol–water partition coefficient (Wildman–Crippen LogP) is 3.44. The first-order valence-corrected chi connectivity index (χ1v) is 10.4. The van der Waals surface area contributed by atoms with Crippen molar-refractivity contribution >= 4 is 22.3 Å². The number of amides is 2. The zero-order chi connectivity index (χ0) is 19.7. The van der Waals surface area contributed by atoms with E-state index in [1.54, 1.807) is 23.5 Å². The first-order chi connectivity index (χ1) is 13.5. The fourth-order valence-electron chi connectivity index (χ4n) is 3.48. The lowest BCUT2D eigenvalue weighted by atomic mass is 10.1. The number of rotatable bonds is 4. The number of thiazole rings is 1. The molecular formula is C20H24FN5OS. The van der Waals surface area contributed by atoms with Gasteiger partial charge in [0.2, 0.25) is 0 Å². The van der Waals surface area contributed by atoms with E-state index in [-0.39, 0.29) is 17.9 Å². The average Bonchev–Trinajstić information content (AvgIpc) is 3.25. The molecule has 0 bridgehead atoms. The van der Waals surface area contributed by atoms with Gasteiger partial charge in [-0.05, 0) is 38.1 Å². The molecule has 0 spiro atoms. The normalized spacial score (nSPS) is 15.5. The van der Waals surface area contributed by atoms with E-state index in [1.807, 2.05) is 30.3 Å². The highest BCUT2D eigenvalue weighted by molar-refractivity contribution is 7.15. The van der Waals surface area contributed by atoms with Crippen LogP contribution in [0.2, 0.25) is 0 Å². The van der Waals surface area contributed by atoms with E-state index in [0.717, 1.165) is 41.5 Å². The van der Waals surface area contributed by atoms with Gasteiger partial charge in [-0.3, -0.25) is 9.30 Å². The lowest BCUT2D eigenvalue weighted by Crippen LogP contribution is -2.52. The van der Waals surface area contributed by atoms with Crippen LogP contribution in [0, 0.1) is 5.82 Å². The maximum absolute atomic E-state index is 13.3. The van der Waals surface area contributed by atoms with Gasteiger partial charge in [-0.1, -0.05) is 0 Å². The largest absolute Gasteiger partial charge is 0.336 e. The van der Waals surface area contributed by atoms with Crippen LogP contribution in [0.15, 0.2) is 35.8 Å². The highest BCUT2D eigenvalue weighted by Crippen LogP contribution is 2.28. The van der Waals surface area contributed by atoms with Gasteiger partial charge in [0, 0.05) is 55.9 Å². The standard InChI is InChI=1S/C20H24FN5OS/c1-14(2)22-19(27)25-9-7-24(8-10-25)13-17-18(15-3-5-16(21)6-4-15)23-20-26(17)11-12-28-20/h3-6,11-12,14H,7-10,13H2,1-2H3,(H,22,27). The van der Waals surface area contributed by atoms with E-state index in [2.05, 4.69) is 14.6 Å². The number of nitrogens with one attached hydrogen (secondary N) is 1. The minimum absolute atomic E-state index is 0.00577. The van der Waals surface area contributed by atoms with Gasteiger partial charge in [0.15, 0.2) is 4.96 Å². The number of imidazole rings is 1. The van der Waals surface area contributed by atoms with Crippen molar-refractivity contribution in [2.75, 3.05) is 26.2 Å². The molecule has 8 heteroatoms. The number of halogens is 1. The van der Waals surface area contributed by atoms with Gasteiger partial charge in [-0.2, -0.15) is 0 Å². The van der Waals surface area contributed by atoms with Crippen molar-refractivity contribution in [3.8, 4) is 11.3 Å². The molecular weight excluding hydrogens is 377 g/mol. The Morgan fingerprint density at radius 1 is 1.21 bits per heavy atom. The van der Waals surface area contributed by atoms with Crippen molar-refractivity contribution < 1.29 is 9.18 Å². The number of hydrogen-bond donors (Lipinski definition) is 1. The van der Waals surface area contributed by atoms with Crippen LogP contribution in [0.3, 0.4) is 0 Å². The maximum atomic E-state index is 13.3. The fourth-order valence-corrected chi connectivity index (χ4v) is 4.21. The molecule has 1 aromatic carbocycles. The Morgan fingerprint density at radius 2 is 1.93 bits per heavy atom. The Bertz CT molecular complexity index is 957. The fraction of sp³-hybridized carbons (Fsp3) is 0.400. The van der Waals surface area contributed by atoms with Crippen LogP contribution in [0.5, 0.6) is 0 Å².